The van der Waals surface area contributed by atoms with Crippen LogP contribution in [0.4, 0.5) is 4.39 Å². The Hall–Kier alpha value is -1.92. The molecule has 0 bridgehead atoms. The molecule has 0 amide bonds. The molecule has 4 heteroatoms. The van der Waals surface area contributed by atoms with Gasteiger partial charge in [0.25, 0.3) is 0 Å². The van der Waals surface area contributed by atoms with E-state index in [1.807, 2.05) is 0 Å². The van der Waals surface area contributed by atoms with Crippen LogP contribution in [-0.2, 0) is 12.8 Å². The third kappa shape index (κ3) is 1.98. The summed E-state index contributed by atoms with van der Waals surface area (Å²) in [5.74, 6) is -0.293. The Morgan fingerprint density at radius 3 is 2.63 bits per heavy atom. The van der Waals surface area contributed by atoms with Crippen LogP contribution < -0.4 is 0 Å². The van der Waals surface area contributed by atoms with Crippen molar-refractivity contribution in [1.29, 1.82) is 5.26 Å². The van der Waals surface area contributed by atoms with Crippen molar-refractivity contribution in [2.24, 2.45) is 0 Å². The van der Waals surface area contributed by atoms with Crippen molar-refractivity contribution in [3.63, 3.8) is 0 Å². The summed E-state index contributed by atoms with van der Waals surface area (Å²) in [6, 6.07) is 8.27. The van der Waals surface area contributed by atoms with Gasteiger partial charge in [0.2, 0.25) is 0 Å². The van der Waals surface area contributed by atoms with Gasteiger partial charge in [0.15, 0.2) is 0 Å². The summed E-state index contributed by atoms with van der Waals surface area (Å²) in [6.45, 7) is 0. The van der Waals surface area contributed by atoms with Crippen LogP contribution >= 0.6 is 11.6 Å². The van der Waals surface area contributed by atoms with E-state index in [-0.39, 0.29) is 11.0 Å². The Balaban J connectivity index is 2.30. The fourth-order valence-corrected chi connectivity index (χ4v) is 2.82. The standard InChI is InChI=1S/C15H10ClFN2/c16-15-12(8-18)14(9-4-6-10(17)7-5-9)11-2-1-3-13(11)19-15/h4-7H,1-3H2. The van der Waals surface area contributed by atoms with E-state index < -0.39 is 0 Å². The zero-order valence-corrected chi connectivity index (χ0v) is 10.8. The van der Waals surface area contributed by atoms with Gasteiger partial charge in [0.1, 0.15) is 17.0 Å². The van der Waals surface area contributed by atoms with Crippen molar-refractivity contribution >= 4 is 11.6 Å². The number of hydrogen-bond acceptors (Lipinski definition) is 2. The van der Waals surface area contributed by atoms with Crippen molar-refractivity contribution < 1.29 is 4.39 Å². The monoisotopic (exact) mass is 272 g/mol. The third-order valence-electron chi connectivity index (χ3n) is 3.42. The highest BCUT2D eigenvalue weighted by molar-refractivity contribution is 6.31. The van der Waals surface area contributed by atoms with Gasteiger partial charge in [-0.1, -0.05) is 23.7 Å². The van der Waals surface area contributed by atoms with Crippen molar-refractivity contribution in [2.45, 2.75) is 19.3 Å². The molecule has 0 fully saturated rings. The molecule has 2 aromatic rings. The fraction of sp³-hybridized carbons (Fsp3) is 0.200. The van der Waals surface area contributed by atoms with Gasteiger partial charge < -0.3 is 0 Å². The SMILES string of the molecule is N#Cc1c(Cl)nc2c(c1-c1ccc(F)cc1)CCC2. The average molecular weight is 273 g/mol. The molecule has 2 nitrogen and oxygen atoms in total. The normalized spacial score (nSPS) is 13.1. The van der Waals surface area contributed by atoms with E-state index in [9.17, 15) is 9.65 Å². The second-order valence-electron chi connectivity index (χ2n) is 4.55. The first kappa shape index (κ1) is 12.1. The Morgan fingerprint density at radius 2 is 1.95 bits per heavy atom. The molecular weight excluding hydrogens is 263 g/mol. The summed E-state index contributed by atoms with van der Waals surface area (Å²) < 4.78 is 13.0. The molecule has 94 valence electrons. The van der Waals surface area contributed by atoms with Gasteiger partial charge in [-0.05, 0) is 42.5 Å². The largest absolute Gasteiger partial charge is 0.239 e. The molecular formula is C15H10ClFN2. The second-order valence-corrected chi connectivity index (χ2v) is 4.91. The van der Waals surface area contributed by atoms with Crippen LogP contribution in [0.3, 0.4) is 0 Å². The van der Waals surface area contributed by atoms with Crippen LogP contribution in [0.1, 0.15) is 23.2 Å². The van der Waals surface area contributed by atoms with E-state index in [2.05, 4.69) is 11.1 Å². The minimum absolute atomic E-state index is 0.238. The predicted molar refractivity (Wildman–Crippen MR) is 71.4 cm³/mol. The number of aromatic nitrogens is 1. The average Bonchev–Trinajstić information content (AvgIpc) is 2.86. The van der Waals surface area contributed by atoms with E-state index in [4.69, 9.17) is 11.6 Å². The van der Waals surface area contributed by atoms with E-state index in [1.54, 1.807) is 12.1 Å². The molecule has 0 atom stereocenters. The topological polar surface area (TPSA) is 36.7 Å². The Kier molecular flexibility index (Phi) is 2.96. The summed E-state index contributed by atoms with van der Waals surface area (Å²) >= 11 is 6.09. The second kappa shape index (κ2) is 4.64. The molecule has 1 aromatic carbocycles. The summed E-state index contributed by atoms with van der Waals surface area (Å²) in [4.78, 5) is 4.30. The van der Waals surface area contributed by atoms with E-state index >= 15 is 0 Å². The number of benzene rings is 1. The molecule has 0 saturated heterocycles. The molecule has 3 rings (SSSR count). The highest BCUT2D eigenvalue weighted by atomic mass is 35.5. The molecule has 1 heterocycles. The first-order valence-electron chi connectivity index (χ1n) is 6.08. The predicted octanol–water partition coefficient (Wildman–Crippen LogP) is 3.90. The van der Waals surface area contributed by atoms with Gasteiger partial charge >= 0.3 is 0 Å². The van der Waals surface area contributed by atoms with Crippen molar-refractivity contribution in [3.05, 3.63) is 52.1 Å². The van der Waals surface area contributed by atoms with Crippen LogP contribution in [0.25, 0.3) is 11.1 Å². The molecule has 0 aliphatic heterocycles. The highest BCUT2D eigenvalue weighted by Gasteiger charge is 2.23. The zero-order valence-electron chi connectivity index (χ0n) is 10.1. The molecule has 0 spiro atoms. The summed E-state index contributed by atoms with van der Waals surface area (Å²) in [6.07, 6.45) is 2.79. The number of halogens is 2. The van der Waals surface area contributed by atoms with E-state index in [0.717, 1.165) is 41.6 Å². The maximum Gasteiger partial charge on any atom is 0.147 e. The van der Waals surface area contributed by atoms with Gasteiger partial charge in [0.05, 0.1) is 5.56 Å². The van der Waals surface area contributed by atoms with Crippen LogP contribution in [0.5, 0.6) is 0 Å². The molecule has 0 unspecified atom stereocenters. The lowest BCUT2D eigenvalue weighted by Gasteiger charge is -2.11. The van der Waals surface area contributed by atoms with Gasteiger partial charge in [-0.25, -0.2) is 9.37 Å². The number of fused-ring (bicyclic) bond motifs is 1. The quantitative estimate of drug-likeness (QED) is 0.738. The molecule has 0 radical (unpaired) electrons. The smallest absolute Gasteiger partial charge is 0.147 e. The number of nitriles is 1. The lowest BCUT2D eigenvalue weighted by atomic mass is 9.95. The minimum atomic E-state index is -0.293. The van der Waals surface area contributed by atoms with Crippen molar-refractivity contribution in [2.75, 3.05) is 0 Å². The maximum absolute atomic E-state index is 13.0. The van der Waals surface area contributed by atoms with Crippen molar-refractivity contribution in [1.82, 2.24) is 4.98 Å². The number of nitrogens with zero attached hydrogens (tertiary/aromatic N) is 2. The van der Waals surface area contributed by atoms with Crippen LogP contribution in [0.2, 0.25) is 5.15 Å². The van der Waals surface area contributed by atoms with E-state index in [1.165, 1.54) is 12.1 Å². The van der Waals surface area contributed by atoms with E-state index in [0.29, 0.717) is 5.56 Å². The summed E-state index contributed by atoms with van der Waals surface area (Å²) in [7, 11) is 0. The lowest BCUT2D eigenvalue weighted by Crippen LogP contribution is -1.98. The van der Waals surface area contributed by atoms with Crippen LogP contribution in [-0.4, -0.2) is 4.98 Å². The molecule has 1 aromatic heterocycles. The molecule has 1 aliphatic carbocycles. The number of hydrogen-bond donors (Lipinski definition) is 0. The van der Waals surface area contributed by atoms with Gasteiger partial charge in [0, 0.05) is 11.3 Å². The van der Waals surface area contributed by atoms with Crippen LogP contribution in [0.15, 0.2) is 24.3 Å². The number of aryl methyl sites for hydroxylation is 1. The zero-order chi connectivity index (χ0) is 13.4. The fourth-order valence-electron chi connectivity index (χ4n) is 2.59. The molecule has 19 heavy (non-hydrogen) atoms. The lowest BCUT2D eigenvalue weighted by molar-refractivity contribution is 0.628. The molecule has 1 aliphatic rings. The Bertz CT molecular complexity index is 686. The number of rotatable bonds is 1. The molecule has 0 N–H and O–H groups in total. The number of pyridine rings is 1. The van der Waals surface area contributed by atoms with Gasteiger partial charge in [-0.15, -0.1) is 0 Å². The van der Waals surface area contributed by atoms with Gasteiger partial charge in [-0.3, -0.25) is 0 Å². The minimum Gasteiger partial charge on any atom is -0.239 e. The van der Waals surface area contributed by atoms with Crippen molar-refractivity contribution in [3.8, 4) is 17.2 Å². The molecule has 0 saturated carbocycles. The highest BCUT2D eigenvalue weighted by Crippen LogP contribution is 2.36. The van der Waals surface area contributed by atoms with Gasteiger partial charge in [-0.2, -0.15) is 5.26 Å². The van der Waals surface area contributed by atoms with Crippen LogP contribution in [0, 0.1) is 17.1 Å². The third-order valence-corrected chi connectivity index (χ3v) is 3.70. The first-order chi connectivity index (χ1) is 9.20. The summed E-state index contributed by atoms with van der Waals surface area (Å²) in [5, 5.41) is 9.54. The maximum atomic E-state index is 13.0. The Morgan fingerprint density at radius 1 is 1.21 bits per heavy atom. The first-order valence-corrected chi connectivity index (χ1v) is 6.46. The Labute approximate surface area is 115 Å². The summed E-state index contributed by atoms with van der Waals surface area (Å²) in [5.41, 5.74) is 4.06.